The molecule has 0 radical (unpaired) electrons. The zero-order valence-electron chi connectivity index (χ0n) is 21.7. The van der Waals surface area contributed by atoms with Crippen molar-refractivity contribution in [2.45, 2.75) is 72.0 Å². The van der Waals surface area contributed by atoms with Gasteiger partial charge in [-0.2, -0.15) is 0 Å². The zero-order valence-corrected chi connectivity index (χ0v) is 21.7. The van der Waals surface area contributed by atoms with E-state index in [2.05, 4.69) is 27.4 Å². The Kier molecular flexibility index (Phi) is 6.24. The molecule has 3 N–H and O–H groups in total. The number of H-pyrrole nitrogens is 1. The molecule has 0 unspecified atom stereocenters. The summed E-state index contributed by atoms with van der Waals surface area (Å²) in [7, 11) is 0. The molecular formula is C28H35N5O3. The second kappa shape index (κ2) is 9.24. The summed E-state index contributed by atoms with van der Waals surface area (Å²) in [6, 6.07) is 7.76. The fourth-order valence-electron chi connectivity index (χ4n) is 5.08. The van der Waals surface area contributed by atoms with Crippen molar-refractivity contribution in [2.75, 3.05) is 6.54 Å². The lowest BCUT2D eigenvalue weighted by Crippen LogP contribution is -2.23. The van der Waals surface area contributed by atoms with Crippen molar-refractivity contribution in [3.63, 3.8) is 0 Å². The molecule has 0 spiro atoms. The molecule has 8 nitrogen and oxygen atoms in total. The van der Waals surface area contributed by atoms with Crippen LogP contribution in [0.3, 0.4) is 0 Å². The zero-order chi connectivity index (χ0) is 25.6. The van der Waals surface area contributed by atoms with Gasteiger partial charge in [0.05, 0.1) is 17.2 Å². The van der Waals surface area contributed by atoms with E-state index in [0.29, 0.717) is 17.9 Å². The van der Waals surface area contributed by atoms with Gasteiger partial charge in [0.15, 0.2) is 5.65 Å². The highest BCUT2D eigenvalue weighted by atomic mass is 16.5. The predicted octanol–water partition coefficient (Wildman–Crippen LogP) is 5.12. The van der Waals surface area contributed by atoms with Crippen molar-refractivity contribution in [1.82, 2.24) is 24.9 Å². The highest BCUT2D eigenvalue weighted by Gasteiger charge is 2.25. The van der Waals surface area contributed by atoms with Crippen molar-refractivity contribution in [1.29, 1.82) is 0 Å². The third kappa shape index (κ3) is 4.46. The monoisotopic (exact) mass is 489 g/mol. The molecule has 1 aliphatic rings. The van der Waals surface area contributed by atoms with E-state index in [1.807, 2.05) is 48.7 Å². The predicted molar refractivity (Wildman–Crippen MR) is 140 cm³/mol. The molecule has 0 bridgehead atoms. The molecule has 190 valence electrons. The summed E-state index contributed by atoms with van der Waals surface area (Å²) >= 11 is 0. The molecule has 36 heavy (non-hydrogen) atoms. The number of rotatable bonds is 6. The van der Waals surface area contributed by atoms with E-state index < -0.39 is 5.60 Å². The van der Waals surface area contributed by atoms with Gasteiger partial charge in [-0.1, -0.05) is 13.0 Å². The molecule has 1 aromatic carbocycles. The van der Waals surface area contributed by atoms with Gasteiger partial charge in [-0.3, -0.25) is 9.20 Å². The summed E-state index contributed by atoms with van der Waals surface area (Å²) in [6.07, 6.45) is 6.52. The van der Waals surface area contributed by atoms with Crippen molar-refractivity contribution < 1.29 is 14.6 Å². The van der Waals surface area contributed by atoms with Gasteiger partial charge in [0, 0.05) is 29.3 Å². The maximum atomic E-state index is 12.7. The highest BCUT2D eigenvalue weighted by Crippen LogP contribution is 2.40. The Morgan fingerprint density at radius 1 is 1.19 bits per heavy atom. The third-order valence-electron chi connectivity index (χ3n) is 7.27. The number of hydrogen-bond acceptors (Lipinski definition) is 5. The van der Waals surface area contributed by atoms with E-state index >= 15 is 0 Å². The van der Waals surface area contributed by atoms with Gasteiger partial charge in [-0.15, -0.1) is 10.2 Å². The molecule has 1 saturated carbocycles. The number of nitrogens with zero attached hydrogens (tertiary/aromatic N) is 3. The number of aromatic nitrogens is 4. The van der Waals surface area contributed by atoms with Crippen LogP contribution in [0.2, 0.25) is 0 Å². The van der Waals surface area contributed by atoms with Crippen molar-refractivity contribution in [3.05, 3.63) is 47.5 Å². The molecule has 3 heterocycles. The first-order valence-corrected chi connectivity index (χ1v) is 12.8. The smallest absolute Gasteiger partial charge is 0.267 e. The number of carbonyl (C=O) groups is 1. The van der Waals surface area contributed by atoms with Gasteiger partial charge in [0.25, 0.3) is 5.91 Å². The summed E-state index contributed by atoms with van der Waals surface area (Å²) in [5, 5.41) is 23.2. The molecule has 3 aromatic heterocycles. The van der Waals surface area contributed by atoms with Crippen molar-refractivity contribution in [3.8, 4) is 16.9 Å². The standard InChI is InChI=1S/C28H35N5O3/c1-6-29-27(34)23-14-21-22(15-33-17(3)31-32-26(33)25(21)30-23)20-13-18(28(4,5)35)9-12-24(20)36-19-10-7-16(2)8-11-19/h9,12-16,19,30,35H,6-8,10-11H2,1-5H3,(H,29,34). The van der Waals surface area contributed by atoms with Gasteiger partial charge in [0.2, 0.25) is 0 Å². The Morgan fingerprint density at radius 3 is 2.64 bits per heavy atom. The number of hydrogen-bond donors (Lipinski definition) is 3. The van der Waals surface area contributed by atoms with E-state index in [-0.39, 0.29) is 12.0 Å². The normalized spacial score (nSPS) is 18.6. The van der Waals surface area contributed by atoms with E-state index in [4.69, 9.17) is 4.74 Å². The number of aromatic amines is 1. The minimum absolute atomic E-state index is 0.154. The number of benzene rings is 1. The first-order valence-electron chi connectivity index (χ1n) is 12.8. The number of ether oxygens (including phenoxy) is 1. The molecule has 0 atom stereocenters. The maximum Gasteiger partial charge on any atom is 0.267 e. The van der Waals surface area contributed by atoms with Crippen LogP contribution in [0.1, 0.15) is 75.3 Å². The van der Waals surface area contributed by atoms with Crippen LogP contribution in [0.25, 0.3) is 27.7 Å². The second-order valence-corrected chi connectivity index (χ2v) is 10.6. The quantitative estimate of drug-likeness (QED) is 0.349. The van der Waals surface area contributed by atoms with Crippen molar-refractivity contribution >= 4 is 22.5 Å². The number of aliphatic hydroxyl groups is 1. The van der Waals surface area contributed by atoms with Gasteiger partial charge in [-0.25, -0.2) is 0 Å². The van der Waals surface area contributed by atoms with Gasteiger partial charge >= 0.3 is 0 Å². The second-order valence-electron chi connectivity index (χ2n) is 10.6. The molecule has 0 aliphatic heterocycles. The van der Waals surface area contributed by atoms with Crippen molar-refractivity contribution in [2.24, 2.45) is 5.92 Å². The first kappa shape index (κ1) is 24.3. The van der Waals surface area contributed by atoms with E-state index in [9.17, 15) is 9.90 Å². The topological polar surface area (TPSA) is 105 Å². The summed E-state index contributed by atoms with van der Waals surface area (Å²) < 4.78 is 8.54. The van der Waals surface area contributed by atoms with Crippen LogP contribution in [-0.2, 0) is 5.60 Å². The van der Waals surface area contributed by atoms with Crippen LogP contribution in [0, 0.1) is 12.8 Å². The number of aryl methyl sites for hydroxylation is 1. The lowest BCUT2D eigenvalue weighted by molar-refractivity contribution is 0.0784. The first-order chi connectivity index (χ1) is 17.2. The average molecular weight is 490 g/mol. The summed E-state index contributed by atoms with van der Waals surface area (Å²) in [6.45, 7) is 10.2. The SMILES string of the molecule is CCNC(=O)c1cc2c(-c3cc(C(C)(C)O)ccc3OC3CCC(C)CC3)cn3c(C)nnc3c2[nH]1. The number of pyridine rings is 1. The Bertz CT molecular complexity index is 1420. The lowest BCUT2D eigenvalue weighted by Gasteiger charge is -2.28. The van der Waals surface area contributed by atoms with Gasteiger partial charge in [0.1, 0.15) is 17.3 Å². The molecule has 5 rings (SSSR count). The van der Waals surface area contributed by atoms with Crippen LogP contribution in [0.15, 0.2) is 30.5 Å². The number of carbonyl (C=O) groups excluding carboxylic acids is 1. The Morgan fingerprint density at radius 2 is 1.94 bits per heavy atom. The summed E-state index contributed by atoms with van der Waals surface area (Å²) in [5.41, 5.74) is 3.38. The molecule has 4 aromatic rings. The Hall–Kier alpha value is -3.39. The van der Waals surface area contributed by atoms with E-state index in [0.717, 1.165) is 70.8 Å². The molecule has 0 saturated heterocycles. The maximum absolute atomic E-state index is 12.7. The van der Waals surface area contributed by atoms with E-state index in [1.54, 1.807) is 13.8 Å². The number of fused-ring (bicyclic) bond motifs is 3. The average Bonchev–Trinajstić information content (AvgIpc) is 3.44. The third-order valence-corrected chi connectivity index (χ3v) is 7.27. The fourth-order valence-corrected chi connectivity index (χ4v) is 5.08. The van der Waals surface area contributed by atoms with Crippen LogP contribution < -0.4 is 10.1 Å². The largest absolute Gasteiger partial charge is 0.490 e. The Balaban J connectivity index is 1.72. The van der Waals surface area contributed by atoms with E-state index in [1.165, 1.54) is 0 Å². The highest BCUT2D eigenvalue weighted by molar-refractivity contribution is 6.07. The van der Waals surface area contributed by atoms with Gasteiger partial charge in [-0.05, 0) is 83.1 Å². The molecule has 1 fully saturated rings. The lowest BCUT2D eigenvalue weighted by atomic mass is 9.88. The minimum Gasteiger partial charge on any atom is -0.490 e. The Labute approximate surface area is 211 Å². The molecule has 8 heteroatoms. The molecular weight excluding hydrogens is 454 g/mol. The molecule has 1 amide bonds. The van der Waals surface area contributed by atoms with Crippen LogP contribution in [0.4, 0.5) is 0 Å². The summed E-state index contributed by atoms with van der Waals surface area (Å²) in [4.78, 5) is 16.0. The van der Waals surface area contributed by atoms with Gasteiger partial charge < -0.3 is 20.1 Å². The van der Waals surface area contributed by atoms with Crippen LogP contribution in [-0.4, -0.2) is 43.2 Å². The minimum atomic E-state index is -1.02. The van der Waals surface area contributed by atoms with Crippen LogP contribution in [0.5, 0.6) is 5.75 Å². The summed E-state index contributed by atoms with van der Waals surface area (Å²) in [5.74, 6) is 2.07. The number of amides is 1. The fraction of sp³-hybridized carbons (Fsp3) is 0.464. The molecule has 1 aliphatic carbocycles. The number of nitrogens with one attached hydrogen (secondary N) is 2. The van der Waals surface area contributed by atoms with Crippen LogP contribution >= 0.6 is 0 Å².